The standard InChI is InChI=1S/C14H24N2O4S/c1-19-11-13(14-6-4-8-20-14)15-9-12-5-3-7-16(10-12)21(2,17)18/h4,6,8,12-13,15H,3,5,7,9-11H2,1-2H3/t12-,13+/m1/s1. The van der Waals surface area contributed by atoms with Gasteiger partial charge in [0.1, 0.15) is 5.76 Å². The van der Waals surface area contributed by atoms with Crippen LogP contribution in [0.4, 0.5) is 0 Å². The fourth-order valence-electron chi connectivity index (χ4n) is 2.70. The predicted molar refractivity (Wildman–Crippen MR) is 80.5 cm³/mol. The smallest absolute Gasteiger partial charge is 0.211 e. The summed E-state index contributed by atoms with van der Waals surface area (Å²) in [5.41, 5.74) is 0. The van der Waals surface area contributed by atoms with Crippen molar-refractivity contribution in [3.05, 3.63) is 24.2 Å². The van der Waals surface area contributed by atoms with Crippen LogP contribution in [0.2, 0.25) is 0 Å². The summed E-state index contributed by atoms with van der Waals surface area (Å²) in [6.45, 7) is 2.50. The van der Waals surface area contributed by atoms with E-state index in [1.54, 1.807) is 17.7 Å². The minimum absolute atomic E-state index is 0.00129. The lowest BCUT2D eigenvalue weighted by molar-refractivity contribution is 0.150. The molecule has 0 amide bonds. The molecule has 1 aliphatic heterocycles. The van der Waals surface area contributed by atoms with Gasteiger partial charge in [-0.3, -0.25) is 0 Å². The van der Waals surface area contributed by atoms with E-state index in [4.69, 9.17) is 9.15 Å². The highest BCUT2D eigenvalue weighted by Crippen LogP contribution is 2.20. The van der Waals surface area contributed by atoms with Crippen LogP contribution in [0, 0.1) is 5.92 Å². The number of hydrogen-bond donors (Lipinski definition) is 1. The molecule has 1 aromatic rings. The molecule has 0 bridgehead atoms. The minimum atomic E-state index is -3.09. The van der Waals surface area contributed by atoms with E-state index < -0.39 is 10.0 Å². The predicted octanol–water partition coefficient (Wildman–Crippen LogP) is 1.23. The van der Waals surface area contributed by atoms with Crippen molar-refractivity contribution in [2.45, 2.75) is 18.9 Å². The molecule has 0 aliphatic carbocycles. The number of piperidine rings is 1. The van der Waals surface area contributed by atoms with Gasteiger partial charge in [-0.05, 0) is 37.4 Å². The van der Waals surface area contributed by atoms with Crippen molar-refractivity contribution in [3.63, 3.8) is 0 Å². The molecule has 2 heterocycles. The molecule has 1 N–H and O–H groups in total. The first-order chi connectivity index (χ1) is 10.0. The molecule has 0 unspecified atom stereocenters. The lowest BCUT2D eigenvalue weighted by Gasteiger charge is -2.31. The van der Waals surface area contributed by atoms with E-state index in [1.807, 2.05) is 12.1 Å². The first-order valence-corrected chi connectivity index (χ1v) is 9.06. The van der Waals surface area contributed by atoms with E-state index in [2.05, 4.69) is 5.32 Å². The maximum absolute atomic E-state index is 11.6. The van der Waals surface area contributed by atoms with Crippen LogP contribution in [0.5, 0.6) is 0 Å². The van der Waals surface area contributed by atoms with Gasteiger partial charge in [-0.1, -0.05) is 0 Å². The Bertz CT molecular complexity index is 515. The number of furan rings is 1. The van der Waals surface area contributed by atoms with Crippen LogP contribution in [-0.2, 0) is 14.8 Å². The molecule has 0 aromatic carbocycles. The normalized spacial score (nSPS) is 22.3. The minimum Gasteiger partial charge on any atom is -0.468 e. The monoisotopic (exact) mass is 316 g/mol. The van der Waals surface area contributed by atoms with E-state index in [0.29, 0.717) is 25.6 Å². The topological polar surface area (TPSA) is 71.8 Å². The van der Waals surface area contributed by atoms with E-state index in [-0.39, 0.29) is 6.04 Å². The van der Waals surface area contributed by atoms with Crippen molar-refractivity contribution < 1.29 is 17.6 Å². The van der Waals surface area contributed by atoms with Gasteiger partial charge in [0.05, 0.1) is 25.2 Å². The van der Waals surface area contributed by atoms with Crippen molar-refractivity contribution in [2.75, 3.05) is 39.6 Å². The Kier molecular flexibility index (Phi) is 5.80. The molecule has 7 heteroatoms. The van der Waals surface area contributed by atoms with Gasteiger partial charge in [0.15, 0.2) is 0 Å². The van der Waals surface area contributed by atoms with Crippen molar-refractivity contribution in [3.8, 4) is 0 Å². The highest BCUT2D eigenvalue weighted by Gasteiger charge is 2.26. The Morgan fingerprint density at radius 2 is 2.38 bits per heavy atom. The zero-order valence-electron chi connectivity index (χ0n) is 12.6. The Morgan fingerprint density at radius 1 is 1.57 bits per heavy atom. The summed E-state index contributed by atoms with van der Waals surface area (Å²) >= 11 is 0. The quantitative estimate of drug-likeness (QED) is 0.819. The Labute approximate surface area is 126 Å². The van der Waals surface area contributed by atoms with Gasteiger partial charge in [-0.15, -0.1) is 0 Å². The molecule has 6 nitrogen and oxygen atoms in total. The molecule has 1 aromatic heterocycles. The summed E-state index contributed by atoms with van der Waals surface area (Å²) in [6.07, 6.45) is 4.87. The molecule has 21 heavy (non-hydrogen) atoms. The number of sulfonamides is 1. The van der Waals surface area contributed by atoms with E-state index in [0.717, 1.165) is 25.1 Å². The SMILES string of the molecule is COC[C@H](NC[C@H]1CCCN(S(C)(=O)=O)C1)c1ccco1. The van der Waals surface area contributed by atoms with Gasteiger partial charge in [-0.2, -0.15) is 0 Å². The molecule has 1 aliphatic rings. The lowest BCUT2D eigenvalue weighted by Crippen LogP contribution is -2.43. The van der Waals surface area contributed by atoms with Crippen molar-refractivity contribution >= 4 is 10.0 Å². The van der Waals surface area contributed by atoms with Crippen LogP contribution in [0.3, 0.4) is 0 Å². The third-order valence-corrected chi connectivity index (χ3v) is 5.09. The van der Waals surface area contributed by atoms with Crippen LogP contribution in [0.15, 0.2) is 22.8 Å². The first-order valence-electron chi connectivity index (χ1n) is 7.21. The van der Waals surface area contributed by atoms with Gasteiger partial charge in [0.2, 0.25) is 10.0 Å². The maximum atomic E-state index is 11.6. The van der Waals surface area contributed by atoms with E-state index in [1.165, 1.54) is 6.26 Å². The van der Waals surface area contributed by atoms with Crippen molar-refractivity contribution in [2.24, 2.45) is 5.92 Å². The number of nitrogens with zero attached hydrogens (tertiary/aromatic N) is 1. The van der Waals surface area contributed by atoms with Gasteiger partial charge >= 0.3 is 0 Å². The molecule has 2 rings (SSSR count). The van der Waals surface area contributed by atoms with Gasteiger partial charge < -0.3 is 14.5 Å². The summed E-state index contributed by atoms with van der Waals surface area (Å²) in [5, 5.41) is 3.42. The van der Waals surface area contributed by atoms with Gasteiger partial charge in [-0.25, -0.2) is 12.7 Å². The maximum Gasteiger partial charge on any atom is 0.211 e. The molecule has 1 fully saturated rings. The summed E-state index contributed by atoms with van der Waals surface area (Å²) in [5.74, 6) is 1.16. The van der Waals surface area contributed by atoms with Gasteiger partial charge in [0, 0.05) is 20.2 Å². The van der Waals surface area contributed by atoms with Crippen LogP contribution < -0.4 is 5.32 Å². The summed E-state index contributed by atoms with van der Waals surface area (Å²) in [7, 11) is -1.43. The second kappa shape index (κ2) is 7.40. The molecule has 0 saturated carbocycles. The highest BCUT2D eigenvalue weighted by molar-refractivity contribution is 7.88. The molecule has 0 spiro atoms. The van der Waals surface area contributed by atoms with Crippen LogP contribution in [-0.4, -0.2) is 52.3 Å². The molecular weight excluding hydrogens is 292 g/mol. The van der Waals surface area contributed by atoms with Crippen molar-refractivity contribution in [1.29, 1.82) is 0 Å². The third-order valence-electron chi connectivity index (χ3n) is 3.82. The number of ether oxygens (including phenoxy) is 1. The second-order valence-corrected chi connectivity index (χ2v) is 7.54. The molecule has 0 radical (unpaired) electrons. The largest absolute Gasteiger partial charge is 0.468 e. The third kappa shape index (κ3) is 4.81. The molecule has 120 valence electrons. The zero-order chi connectivity index (χ0) is 15.3. The van der Waals surface area contributed by atoms with Gasteiger partial charge in [0.25, 0.3) is 0 Å². The highest BCUT2D eigenvalue weighted by atomic mass is 32.2. The lowest BCUT2D eigenvalue weighted by atomic mass is 9.99. The van der Waals surface area contributed by atoms with Crippen LogP contribution in [0.1, 0.15) is 24.6 Å². The fourth-order valence-corrected chi connectivity index (χ4v) is 3.64. The Morgan fingerprint density at radius 3 is 3.00 bits per heavy atom. The average Bonchev–Trinajstić information content (AvgIpc) is 2.97. The number of rotatable bonds is 7. The summed E-state index contributed by atoms with van der Waals surface area (Å²) in [4.78, 5) is 0. The zero-order valence-corrected chi connectivity index (χ0v) is 13.4. The Balaban J connectivity index is 1.89. The fraction of sp³-hybridized carbons (Fsp3) is 0.714. The number of methoxy groups -OCH3 is 1. The second-order valence-electron chi connectivity index (χ2n) is 5.56. The van der Waals surface area contributed by atoms with E-state index >= 15 is 0 Å². The summed E-state index contributed by atoms with van der Waals surface area (Å²) in [6, 6.07) is 3.77. The van der Waals surface area contributed by atoms with Crippen LogP contribution >= 0.6 is 0 Å². The molecular formula is C14H24N2O4S. The number of nitrogens with one attached hydrogen (secondary N) is 1. The van der Waals surface area contributed by atoms with E-state index in [9.17, 15) is 8.42 Å². The Hall–Kier alpha value is -0.890. The number of hydrogen-bond acceptors (Lipinski definition) is 5. The summed E-state index contributed by atoms with van der Waals surface area (Å²) < 4.78 is 35.5. The first kappa shape index (κ1) is 16.5. The average molecular weight is 316 g/mol. The molecule has 2 atom stereocenters. The van der Waals surface area contributed by atoms with Crippen LogP contribution in [0.25, 0.3) is 0 Å². The van der Waals surface area contributed by atoms with Crippen molar-refractivity contribution in [1.82, 2.24) is 9.62 Å². The molecule has 1 saturated heterocycles.